The van der Waals surface area contributed by atoms with E-state index in [9.17, 15) is 14.7 Å². The molecule has 2 rings (SSSR count). The monoisotopic (exact) mass is 291 g/mol. The standard InChI is InChI=1S/C15H17NO5/c1-8(17)12-13(16(2)15(19)14(12)18)10-6-5-9(20-3)7-11(10)21-4/h5-7,13,18H,1-4H3/t13-/m0/s1. The van der Waals surface area contributed by atoms with Crippen molar-refractivity contribution in [3.8, 4) is 11.5 Å². The van der Waals surface area contributed by atoms with Crippen LogP contribution in [0.25, 0.3) is 0 Å². The molecule has 1 N–H and O–H groups in total. The minimum absolute atomic E-state index is 0.0750. The van der Waals surface area contributed by atoms with Crippen molar-refractivity contribution in [3.63, 3.8) is 0 Å². The molecule has 6 heteroatoms. The molecule has 0 saturated carbocycles. The number of ketones is 1. The van der Waals surface area contributed by atoms with Crippen molar-refractivity contribution in [1.82, 2.24) is 4.90 Å². The van der Waals surface area contributed by atoms with Crippen LogP contribution in [0.5, 0.6) is 11.5 Å². The Morgan fingerprint density at radius 2 is 1.95 bits per heavy atom. The summed E-state index contributed by atoms with van der Waals surface area (Å²) in [6, 6.07) is 4.42. The topological polar surface area (TPSA) is 76.1 Å². The van der Waals surface area contributed by atoms with Crippen LogP contribution in [0.15, 0.2) is 29.5 Å². The average molecular weight is 291 g/mol. The van der Waals surface area contributed by atoms with E-state index in [1.54, 1.807) is 18.2 Å². The second-order valence-electron chi connectivity index (χ2n) is 4.74. The van der Waals surface area contributed by atoms with Gasteiger partial charge in [0.25, 0.3) is 5.91 Å². The van der Waals surface area contributed by atoms with Crippen LogP contribution in [0.1, 0.15) is 18.5 Å². The zero-order valence-corrected chi connectivity index (χ0v) is 12.3. The molecular formula is C15H17NO5. The fraction of sp³-hybridized carbons (Fsp3) is 0.333. The van der Waals surface area contributed by atoms with Gasteiger partial charge in [-0.15, -0.1) is 0 Å². The Balaban J connectivity index is 2.59. The van der Waals surface area contributed by atoms with Crippen LogP contribution in [-0.2, 0) is 9.59 Å². The second-order valence-corrected chi connectivity index (χ2v) is 4.74. The normalized spacial score (nSPS) is 18.2. The SMILES string of the molecule is COc1ccc([C@H]2C(C(C)=O)=C(O)C(=O)N2C)c(OC)c1. The van der Waals surface area contributed by atoms with Gasteiger partial charge in [-0.3, -0.25) is 9.59 Å². The molecule has 0 aliphatic carbocycles. The number of ether oxygens (including phenoxy) is 2. The molecule has 0 radical (unpaired) electrons. The van der Waals surface area contributed by atoms with E-state index < -0.39 is 17.7 Å². The van der Waals surface area contributed by atoms with Gasteiger partial charge in [0.1, 0.15) is 11.5 Å². The molecule has 1 heterocycles. The van der Waals surface area contributed by atoms with Gasteiger partial charge in [-0.05, 0) is 19.1 Å². The smallest absolute Gasteiger partial charge is 0.289 e. The molecule has 1 aliphatic heterocycles. The minimum atomic E-state index is -0.671. The molecule has 1 aliphatic rings. The van der Waals surface area contributed by atoms with E-state index in [2.05, 4.69) is 0 Å². The predicted molar refractivity (Wildman–Crippen MR) is 75.4 cm³/mol. The molecule has 1 aromatic rings. The lowest BCUT2D eigenvalue weighted by atomic mass is 9.96. The maximum Gasteiger partial charge on any atom is 0.289 e. The van der Waals surface area contributed by atoms with Crippen molar-refractivity contribution >= 4 is 11.7 Å². The van der Waals surface area contributed by atoms with Gasteiger partial charge in [0.05, 0.1) is 25.8 Å². The summed E-state index contributed by atoms with van der Waals surface area (Å²) in [5.41, 5.74) is 0.689. The molecule has 0 unspecified atom stereocenters. The number of amides is 1. The average Bonchev–Trinajstić information content (AvgIpc) is 2.70. The molecule has 0 spiro atoms. The Labute approximate surface area is 122 Å². The summed E-state index contributed by atoms with van der Waals surface area (Å²) < 4.78 is 10.4. The first kappa shape index (κ1) is 14.9. The predicted octanol–water partition coefficient (Wildman–Crippen LogP) is 1.62. The summed E-state index contributed by atoms with van der Waals surface area (Å²) in [5.74, 6) is -0.364. The third-order valence-corrected chi connectivity index (χ3v) is 3.55. The third-order valence-electron chi connectivity index (χ3n) is 3.55. The number of carbonyl (C=O) groups excluding carboxylic acids is 2. The van der Waals surface area contributed by atoms with Crippen molar-refractivity contribution in [2.45, 2.75) is 13.0 Å². The Kier molecular flexibility index (Phi) is 3.88. The number of hydrogen-bond acceptors (Lipinski definition) is 5. The van der Waals surface area contributed by atoms with Gasteiger partial charge in [0.2, 0.25) is 0 Å². The van der Waals surface area contributed by atoms with Crippen LogP contribution in [0.3, 0.4) is 0 Å². The number of hydrogen-bond donors (Lipinski definition) is 1. The number of Topliss-reactive ketones (excluding diaryl/α,β-unsaturated/α-hetero) is 1. The highest BCUT2D eigenvalue weighted by atomic mass is 16.5. The Bertz CT molecular complexity index is 635. The first-order valence-corrected chi connectivity index (χ1v) is 6.35. The molecule has 1 amide bonds. The Morgan fingerprint density at radius 3 is 2.48 bits per heavy atom. The van der Waals surface area contributed by atoms with Crippen molar-refractivity contribution in [2.75, 3.05) is 21.3 Å². The van der Waals surface area contributed by atoms with Gasteiger partial charge in [-0.25, -0.2) is 0 Å². The minimum Gasteiger partial charge on any atom is -0.503 e. The highest BCUT2D eigenvalue weighted by Gasteiger charge is 2.41. The van der Waals surface area contributed by atoms with E-state index in [0.29, 0.717) is 17.1 Å². The number of aliphatic hydroxyl groups excluding tert-OH is 1. The number of aliphatic hydroxyl groups is 1. The molecular weight excluding hydrogens is 274 g/mol. The highest BCUT2D eigenvalue weighted by Crippen LogP contribution is 2.41. The number of likely N-dealkylation sites (N-methyl/N-ethyl adjacent to an activating group) is 1. The van der Waals surface area contributed by atoms with Crippen LogP contribution in [0.4, 0.5) is 0 Å². The molecule has 1 atom stereocenters. The van der Waals surface area contributed by atoms with E-state index in [4.69, 9.17) is 9.47 Å². The van der Waals surface area contributed by atoms with Crippen LogP contribution in [0, 0.1) is 0 Å². The van der Waals surface area contributed by atoms with E-state index >= 15 is 0 Å². The van der Waals surface area contributed by atoms with Gasteiger partial charge < -0.3 is 19.5 Å². The fourth-order valence-corrected chi connectivity index (χ4v) is 2.49. The summed E-state index contributed by atoms with van der Waals surface area (Å²) >= 11 is 0. The van der Waals surface area contributed by atoms with Crippen LogP contribution >= 0.6 is 0 Å². The molecule has 6 nitrogen and oxygen atoms in total. The molecule has 0 fully saturated rings. The first-order valence-electron chi connectivity index (χ1n) is 6.35. The van der Waals surface area contributed by atoms with Crippen molar-refractivity contribution in [3.05, 3.63) is 35.1 Å². The summed E-state index contributed by atoms with van der Waals surface area (Å²) in [6.45, 7) is 1.32. The molecule has 0 aromatic heterocycles. The molecule has 21 heavy (non-hydrogen) atoms. The van der Waals surface area contributed by atoms with Gasteiger partial charge in [-0.2, -0.15) is 0 Å². The zero-order chi connectivity index (χ0) is 15.7. The van der Waals surface area contributed by atoms with Crippen LogP contribution < -0.4 is 9.47 Å². The van der Waals surface area contributed by atoms with Crippen molar-refractivity contribution in [1.29, 1.82) is 0 Å². The highest BCUT2D eigenvalue weighted by molar-refractivity contribution is 6.08. The summed E-state index contributed by atoms with van der Waals surface area (Å²) in [4.78, 5) is 25.0. The van der Waals surface area contributed by atoms with E-state index in [1.807, 2.05) is 0 Å². The molecule has 1 aromatic carbocycles. The number of carbonyl (C=O) groups is 2. The van der Waals surface area contributed by atoms with E-state index in [-0.39, 0.29) is 11.4 Å². The van der Waals surface area contributed by atoms with Crippen molar-refractivity contribution in [2.24, 2.45) is 0 Å². The van der Waals surface area contributed by atoms with Crippen LogP contribution in [0.2, 0.25) is 0 Å². The number of methoxy groups -OCH3 is 2. The first-order chi connectivity index (χ1) is 9.92. The fourth-order valence-electron chi connectivity index (χ4n) is 2.49. The maximum absolute atomic E-state index is 11.9. The quantitative estimate of drug-likeness (QED) is 0.912. The zero-order valence-electron chi connectivity index (χ0n) is 12.3. The lowest BCUT2D eigenvalue weighted by Crippen LogP contribution is -2.26. The lowest BCUT2D eigenvalue weighted by molar-refractivity contribution is -0.128. The molecule has 0 saturated heterocycles. The van der Waals surface area contributed by atoms with Gasteiger partial charge in [0, 0.05) is 18.7 Å². The van der Waals surface area contributed by atoms with Gasteiger partial charge in [-0.1, -0.05) is 0 Å². The Hall–Kier alpha value is -2.50. The maximum atomic E-state index is 11.9. The number of benzene rings is 1. The van der Waals surface area contributed by atoms with Gasteiger partial charge >= 0.3 is 0 Å². The summed E-state index contributed by atoms with van der Waals surface area (Å²) in [6.07, 6.45) is 0. The largest absolute Gasteiger partial charge is 0.503 e. The van der Waals surface area contributed by atoms with E-state index in [1.165, 1.54) is 33.1 Å². The van der Waals surface area contributed by atoms with Crippen LogP contribution in [-0.4, -0.2) is 43.0 Å². The molecule has 112 valence electrons. The van der Waals surface area contributed by atoms with Gasteiger partial charge in [0.15, 0.2) is 11.5 Å². The number of nitrogens with zero attached hydrogens (tertiary/aromatic N) is 1. The second kappa shape index (κ2) is 5.47. The van der Waals surface area contributed by atoms with Crippen molar-refractivity contribution < 1.29 is 24.2 Å². The summed E-state index contributed by atoms with van der Waals surface area (Å²) in [7, 11) is 4.56. The third kappa shape index (κ3) is 2.33. The lowest BCUT2D eigenvalue weighted by Gasteiger charge is -2.24. The van der Waals surface area contributed by atoms with E-state index in [0.717, 1.165) is 0 Å². The Morgan fingerprint density at radius 1 is 1.29 bits per heavy atom. The summed E-state index contributed by atoms with van der Waals surface area (Å²) in [5, 5.41) is 9.90. The molecule has 0 bridgehead atoms. The number of rotatable bonds is 4.